The van der Waals surface area contributed by atoms with E-state index >= 15 is 0 Å². The van der Waals surface area contributed by atoms with E-state index in [9.17, 15) is 0 Å². The molecule has 0 saturated heterocycles. The second kappa shape index (κ2) is 6.66. The van der Waals surface area contributed by atoms with Crippen molar-refractivity contribution >= 4 is 0 Å². The van der Waals surface area contributed by atoms with E-state index in [1.165, 1.54) is 31.2 Å². The maximum Gasteiger partial charge on any atom is -0.0245 e. The van der Waals surface area contributed by atoms with Gasteiger partial charge in [-0.15, -0.1) is 0 Å². The second-order valence-electron chi connectivity index (χ2n) is 4.61. The summed E-state index contributed by atoms with van der Waals surface area (Å²) in [5.41, 5.74) is 1.47. The van der Waals surface area contributed by atoms with Crippen LogP contribution in [-0.4, -0.2) is 0 Å². The number of hydrogen-bond donors (Lipinski definition) is 0. The Kier molecular flexibility index (Phi) is 5.45. The van der Waals surface area contributed by atoms with Crippen molar-refractivity contribution in [2.45, 2.75) is 46.5 Å². The third-order valence-corrected chi connectivity index (χ3v) is 3.05. The predicted octanol–water partition coefficient (Wildman–Crippen LogP) is 4.65. The van der Waals surface area contributed by atoms with Crippen molar-refractivity contribution in [1.82, 2.24) is 0 Å². The number of hydrogen-bond acceptors (Lipinski definition) is 0. The van der Waals surface area contributed by atoms with E-state index in [0.717, 1.165) is 5.92 Å². The molecular weight excluding hydrogens is 180 g/mol. The van der Waals surface area contributed by atoms with E-state index in [2.05, 4.69) is 51.1 Å². The number of benzene rings is 1. The molecule has 0 aliphatic carbocycles. The summed E-state index contributed by atoms with van der Waals surface area (Å²) < 4.78 is 0. The van der Waals surface area contributed by atoms with Gasteiger partial charge in [-0.2, -0.15) is 0 Å². The molecule has 0 spiro atoms. The zero-order valence-corrected chi connectivity index (χ0v) is 10.3. The molecule has 0 saturated carbocycles. The minimum atomic E-state index is 0.771. The lowest BCUT2D eigenvalue weighted by Gasteiger charge is -2.20. The molecule has 0 aromatic heterocycles. The third kappa shape index (κ3) is 4.51. The van der Waals surface area contributed by atoms with E-state index in [1.54, 1.807) is 5.92 Å². The zero-order chi connectivity index (χ0) is 11.1. The van der Waals surface area contributed by atoms with Gasteiger partial charge in [0.25, 0.3) is 0 Å². The molecule has 0 fully saturated rings. The Bertz CT molecular complexity index is 248. The third-order valence-electron chi connectivity index (χ3n) is 3.05. The van der Waals surface area contributed by atoms with Crippen molar-refractivity contribution < 1.29 is 0 Å². The molecule has 0 aliphatic rings. The van der Waals surface area contributed by atoms with E-state index in [-0.39, 0.29) is 0 Å². The Morgan fingerprint density at radius 2 is 1.80 bits per heavy atom. The van der Waals surface area contributed by atoms with Crippen molar-refractivity contribution in [3.05, 3.63) is 41.8 Å². The molecule has 1 atom stereocenters. The summed E-state index contributed by atoms with van der Waals surface area (Å²) in [6.45, 7) is 6.80. The highest BCUT2D eigenvalue weighted by atomic mass is 14.2. The summed E-state index contributed by atoms with van der Waals surface area (Å²) in [7, 11) is 0. The second-order valence-corrected chi connectivity index (χ2v) is 4.61. The van der Waals surface area contributed by atoms with Gasteiger partial charge < -0.3 is 0 Å². The summed E-state index contributed by atoms with van der Waals surface area (Å²) in [5, 5.41) is 0. The van der Waals surface area contributed by atoms with Gasteiger partial charge in [-0.25, -0.2) is 0 Å². The topological polar surface area (TPSA) is 0 Å². The largest absolute Gasteiger partial charge is 0.0654 e. The molecule has 0 bridgehead atoms. The molecule has 0 heterocycles. The summed E-state index contributed by atoms with van der Waals surface area (Å²) in [4.78, 5) is 0. The Labute approximate surface area is 94.7 Å². The van der Waals surface area contributed by atoms with E-state index in [4.69, 9.17) is 0 Å². The Hall–Kier alpha value is -0.780. The van der Waals surface area contributed by atoms with Gasteiger partial charge in [-0.05, 0) is 30.2 Å². The van der Waals surface area contributed by atoms with Crippen LogP contribution in [0, 0.1) is 11.8 Å². The zero-order valence-electron chi connectivity index (χ0n) is 10.3. The fourth-order valence-electron chi connectivity index (χ4n) is 1.94. The van der Waals surface area contributed by atoms with Crippen molar-refractivity contribution in [2.75, 3.05) is 0 Å². The van der Waals surface area contributed by atoms with Crippen LogP contribution in [0.1, 0.15) is 45.6 Å². The quantitative estimate of drug-likeness (QED) is 0.631. The van der Waals surface area contributed by atoms with Gasteiger partial charge in [-0.1, -0.05) is 63.9 Å². The van der Waals surface area contributed by atoms with E-state index in [1.807, 2.05) is 0 Å². The lowest BCUT2D eigenvalue weighted by molar-refractivity contribution is 0.479. The van der Waals surface area contributed by atoms with Crippen LogP contribution in [0.5, 0.6) is 0 Å². The fraction of sp³-hybridized carbons (Fsp3) is 0.533. The van der Waals surface area contributed by atoms with Crippen LogP contribution in [-0.2, 0) is 6.42 Å². The molecule has 0 aliphatic heterocycles. The molecule has 83 valence electrons. The molecule has 1 rings (SSSR count). The maximum absolute atomic E-state index is 2.27. The monoisotopic (exact) mass is 203 g/mol. The van der Waals surface area contributed by atoms with Crippen LogP contribution >= 0.6 is 0 Å². The average molecular weight is 203 g/mol. The van der Waals surface area contributed by atoms with Gasteiger partial charge >= 0.3 is 0 Å². The SMILES string of the molecule is CCCCC(Cc1ccccc1)[C](C)C. The number of rotatable bonds is 6. The first kappa shape index (κ1) is 12.3. The lowest BCUT2D eigenvalue weighted by Crippen LogP contribution is -2.10. The van der Waals surface area contributed by atoms with Gasteiger partial charge in [0, 0.05) is 0 Å². The van der Waals surface area contributed by atoms with Crippen molar-refractivity contribution in [3.8, 4) is 0 Å². The van der Waals surface area contributed by atoms with Crippen LogP contribution in [0.4, 0.5) is 0 Å². The lowest BCUT2D eigenvalue weighted by atomic mass is 9.85. The Morgan fingerprint density at radius 3 is 2.33 bits per heavy atom. The molecule has 0 amide bonds. The summed E-state index contributed by atoms with van der Waals surface area (Å²) in [6.07, 6.45) is 5.21. The molecule has 1 aromatic rings. The molecule has 0 heteroatoms. The average Bonchev–Trinajstić information content (AvgIpc) is 2.25. The van der Waals surface area contributed by atoms with Crippen LogP contribution < -0.4 is 0 Å². The highest BCUT2D eigenvalue weighted by Crippen LogP contribution is 2.24. The summed E-state index contributed by atoms with van der Waals surface area (Å²) >= 11 is 0. The first-order valence-corrected chi connectivity index (χ1v) is 6.08. The minimum absolute atomic E-state index is 0.771. The van der Waals surface area contributed by atoms with Crippen molar-refractivity contribution in [2.24, 2.45) is 5.92 Å². The summed E-state index contributed by atoms with van der Waals surface area (Å²) in [5.74, 6) is 2.35. The minimum Gasteiger partial charge on any atom is -0.0654 e. The van der Waals surface area contributed by atoms with Gasteiger partial charge in [0.2, 0.25) is 0 Å². The van der Waals surface area contributed by atoms with Crippen molar-refractivity contribution in [1.29, 1.82) is 0 Å². The Balaban J connectivity index is 2.51. The maximum atomic E-state index is 2.27. The van der Waals surface area contributed by atoms with Crippen LogP contribution in [0.25, 0.3) is 0 Å². The number of unbranched alkanes of at least 4 members (excludes halogenated alkanes) is 1. The molecule has 1 unspecified atom stereocenters. The van der Waals surface area contributed by atoms with E-state index in [0.29, 0.717) is 0 Å². The Morgan fingerprint density at radius 1 is 1.13 bits per heavy atom. The summed E-state index contributed by atoms with van der Waals surface area (Å²) in [6, 6.07) is 10.8. The first-order valence-electron chi connectivity index (χ1n) is 6.08. The van der Waals surface area contributed by atoms with E-state index < -0.39 is 0 Å². The molecule has 15 heavy (non-hydrogen) atoms. The standard InChI is InChI=1S/C15H23/c1-4-5-11-15(13(2)3)12-14-9-7-6-8-10-14/h6-10,15H,4-5,11-12H2,1-3H3. The normalized spacial score (nSPS) is 13.1. The molecular formula is C15H23. The molecule has 1 radical (unpaired) electrons. The fourth-order valence-corrected chi connectivity index (χ4v) is 1.94. The smallest absolute Gasteiger partial charge is 0.0245 e. The molecule has 0 N–H and O–H groups in total. The van der Waals surface area contributed by atoms with Gasteiger partial charge in [0.05, 0.1) is 0 Å². The predicted molar refractivity (Wildman–Crippen MR) is 67.8 cm³/mol. The van der Waals surface area contributed by atoms with Gasteiger partial charge in [-0.3, -0.25) is 0 Å². The van der Waals surface area contributed by atoms with Crippen LogP contribution in [0.15, 0.2) is 30.3 Å². The van der Waals surface area contributed by atoms with Gasteiger partial charge in [0.1, 0.15) is 0 Å². The highest BCUT2D eigenvalue weighted by molar-refractivity contribution is 5.16. The van der Waals surface area contributed by atoms with Crippen LogP contribution in [0.3, 0.4) is 0 Å². The molecule has 0 nitrogen and oxygen atoms in total. The molecule has 1 aromatic carbocycles. The first-order chi connectivity index (χ1) is 7.24. The highest BCUT2D eigenvalue weighted by Gasteiger charge is 2.13. The van der Waals surface area contributed by atoms with Crippen molar-refractivity contribution in [3.63, 3.8) is 0 Å². The van der Waals surface area contributed by atoms with Gasteiger partial charge in [0.15, 0.2) is 0 Å². The van der Waals surface area contributed by atoms with Crippen LogP contribution in [0.2, 0.25) is 0 Å².